The van der Waals surface area contributed by atoms with Crippen LogP contribution in [0, 0.1) is 5.41 Å². The van der Waals surface area contributed by atoms with Crippen LogP contribution in [-0.2, 0) is 15.7 Å². The fourth-order valence-corrected chi connectivity index (χ4v) is 3.61. The number of carbonyl (C=O) groups excluding carboxylic acids is 2. The molecule has 3 rings (SSSR count). The summed E-state index contributed by atoms with van der Waals surface area (Å²) >= 11 is 0. The molecule has 2 aliphatic rings. The molecule has 1 atom stereocenters. The minimum absolute atomic E-state index is 0.0122. The summed E-state index contributed by atoms with van der Waals surface area (Å²) in [5.74, 6) is -0.585. The Hall–Kier alpha value is -2.16. The number of ether oxygens (including phenoxy) is 1. The number of alkyl halides is 3. The van der Waals surface area contributed by atoms with Gasteiger partial charge in [-0.15, -0.1) is 0 Å². The summed E-state index contributed by atoms with van der Waals surface area (Å²) in [4.78, 5) is 31.9. The van der Waals surface area contributed by atoms with Crippen LogP contribution in [0.25, 0.3) is 0 Å². The summed E-state index contributed by atoms with van der Waals surface area (Å²) in [6, 6.07) is 3.27. The van der Waals surface area contributed by atoms with Crippen molar-refractivity contribution in [1.82, 2.24) is 14.8 Å². The molecule has 1 aromatic rings. The van der Waals surface area contributed by atoms with Gasteiger partial charge >= 0.3 is 6.18 Å². The van der Waals surface area contributed by atoms with Crippen LogP contribution < -0.4 is 0 Å². The lowest BCUT2D eigenvalue weighted by Crippen LogP contribution is -2.39. The standard InChI is InChI=1S/C17H20F3N3O3/c1-26-10-9-22-7-5-16(15(22)25)6-8-23(11-16)14(24)12-3-2-4-13(21-12)17(18,19)20/h2-4H,5-11H2,1H3. The Kier molecular flexibility index (Phi) is 4.92. The van der Waals surface area contributed by atoms with E-state index in [0.29, 0.717) is 39.1 Å². The van der Waals surface area contributed by atoms with Gasteiger partial charge in [-0.25, -0.2) is 4.98 Å². The van der Waals surface area contributed by atoms with Crippen LogP contribution in [0.15, 0.2) is 18.2 Å². The van der Waals surface area contributed by atoms with E-state index in [4.69, 9.17) is 4.74 Å². The lowest BCUT2D eigenvalue weighted by Gasteiger charge is -2.23. The minimum Gasteiger partial charge on any atom is -0.383 e. The maximum atomic E-state index is 12.8. The molecule has 2 aliphatic heterocycles. The van der Waals surface area contributed by atoms with Crippen LogP contribution in [0.3, 0.4) is 0 Å². The zero-order valence-electron chi connectivity index (χ0n) is 14.4. The highest BCUT2D eigenvalue weighted by Crippen LogP contribution is 2.41. The Morgan fingerprint density at radius 1 is 1.31 bits per heavy atom. The molecule has 1 aromatic heterocycles. The quantitative estimate of drug-likeness (QED) is 0.810. The van der Waals surface area contributed by atoms with E-state index in [1.54, 1.807) is 12.0 Å². The molecule has 142 valence electrons. The third-order valence-electron chi connectivity index (χ3n) is 5.07. The van der Waals surface area contributed by atoms with Crippen LogP contribution in [-0.4, -0.2) is 66.5 Å². The molecule has 26 heavy (non-hydrogen) atoms. The number of nitrogens with zero attached hydrogens (tertiary/aromatic N) is 3. The zero-order chi connectivity index (χ0) is 18.9. The first kappa shape index (κ1) is 18.6. The molecule has 6 nitrogen and oxygen atoms in total. The van der Waals surface area contributed by atoms with E-state index in [0.717, 1.165) is 6.07 Å². The summed E-state index contributed by atoms with van der Waals surface area (Å²) in [6.07, 6.45) is -3.46. The van der Waals surface area contributed by atoms with Gasteiger partial charge in [-0.05, 0) is 25.0 Å². The second kappa shape index (κ2) is 6.86. The van der Waals surface area contributed by atoms with Gasteiger partial charge < -0.3 is 14.5 Å². The van der Waals surface area contributed by atoms with Gasteiger partial charge in [0.2, 0.25) is 5.91 Å². The maximum Gasteiger partial charge on any atom is 0.433 e. The van der Waals surface area contributed by atoms with E-state index in [-0.39, 0.29) is 18.1 Å². The first-order valence-electron chi connectivity index (χ1n) is 8.39. The molecule has 3 heterocycles. The van der Waals surface area contributed by atoms with Gasteiger partial charge in [0.05, 0.1) is 12.0 Å². The van der Waals surface area contributed by atoms with Crippen molar-refractivity contribution in [3.8, 4) is 0 Å². The Bertz CT molecular complexity index is 710. The fourth-order valence-electron chi connectivity index (χ4n) is 3.61. The SMILES string of the molecule is COCCN1CCC2(CCN(C(=O)c3cccc(C(F)(F)F)n3)C2)C1=O. The molecular formula is C17H20F3N3O3. The second-order valence-corrected chi connectivity index (χ2v) is 6.70. The van der Waals surface area contributed by atoms with Crippen molar-refractivity contribution in [2.24, 2.45) is 5.41 Å². The number of rotatable bonds is 4. The summed E-state index contributed by atoms with van der Waals surface area (Å²) in [7, 11) is 1.56. The molecule has 0 bridgehead atoms. The van der Waals surface area contributed by atoms with E-state index in [1.807, 2.05) is 0 Å². The smallest absolute Gasteiger partial charge is 0.383 e. The summed E-state index contributed by atoms with van der Waals surface area (Å²) in [5.41, 5.74) is -1.98. The molecule has 2 amide bonds. The monoisotopic (exact) mass is 371 g/mol. The maximum absolute atomic E-state index is 12.8. The molecule has 0 saturated carbocycles. The number of carbonyl (C=O) groups is 2. The van der Waals surface area contributed by atoms with Gasteiger partial charge in [-0.1, -0.05) is 6.07 Å². The first-order valence-corrected chi connectivity index (χ1v) is 8.39. The number of halogens is 3. The topological polar surface area (TPSA) is 62.7 Å². The molecule has 0 aromatic carbocycles. The molecule has 0 aliphatic carbocycles. The average Bonchev–Trinajstić information content (AvgIpc) is 3.18. The highest BCUT2D eigenvalue weighted by atomic mass is 19.4. The van der Waals surface area contributed by atoms with E-state index >= 15 is 0 Å². The molecular weight excluding hydrogens is 351 g/mol. The number of hydrogen-bond donors (Lipinski definition) is 0. The van der Waals surface area contributed by atoms with Crippen molar-refractivity contribution in [3.05, 3.63) is 29.6 Å². The number of amides is 2. The molecule has 9 heteroatoms. The minimum atomic E-state index is -4.61. The Labute approximate surface area is 148 Å². The fraction of sp³-hybridized carbons (Fsp3) is 0.588. The predicted octanol–water partition coefficient (Wildman–Crippen LogP) is 1.81. The van der Waals surface area contributed by atoms with Crippen molar-refractivity contribution in [2.75, 3.05) is 39.9 Å². The number of hydrogen-bond acceptors (Lipinski definition) is 4. The van der Waals surface area contributed by atoms with Gasteiger partial charge in [-0.3, -0.25) is 9.59 Å². The number of pyridine rings is 1. The summed E-state index contributed by atoms with van der Waals surface area (Å²) in [5, 5.41) is 0. The number of aromatic nitrogens is 1. The largest absolute Gasteiger partial charge is 0.433 e. The van der Waals surface area contributed by atoms with Gasteiger partial charge in [0, 0.05) is 33.3 Å². The molecule has 2 fully saturated rings. The van der Waals surface area contributed by atoms with Gasteiger partial charge in [0.1, 0.15) is 11.4 Å². The highest BCUT2D eigenvalue weighted by Gasteiger charge is 2.51. The van der Waals surface area contributed by atoms with Crippen molar-refractivity contribution in [3.63, 3.8) is 0 Å². The lowest BCUT2D eigenvalue weighted by molar-refractivity contribution is -0.141. The van der Waals surface area contributed by atoms with Crippen LogP contribution in [0.4, 0.5) is 13.2 Å². The number of methoxy groups -OCH3 is 1. The molecule has 1 unspecified atom stereocenters. The third-order valence-corrected chi connectivity index (χ3v) is 5.07. The van der Waals surface area contributed by atoms with Crippen LogP contribution in [0.2, 0.25) is 0 Å². The normalized spacial score (nSPS) is 23.3. The van der Waals surface area contributed by atoms with E-state index in [1.165, 1.54) is 17.0 Å². The number of likely N-dealkylation sites (tertiary alicyclic amines) is 2. The summed E-state index contributed by atoms with van der Waals surface area (Å²) in [6.45, 7) is 2.09. The molecule has 1 spiro atoms. The van der Waals surface area contributed by atoms with Crippen LogP contribution >= 0.6 is 0 Å². The van der Waals surface area contributed by atoms with E-state index in [9.17, 15) is 22.8 Å². The average molecular weight is 371 g/mol. The molecule has 0 radical (unpaired) electrons. The van der Waals surface area contributed by atoms with Crippen LogP contribution in [0.5, 0.6) is 0 Å². The van der Waals surface area contributed by atoms with Crippen molar-refractivity contribution >= 4 is 11.8 Å². The first-order chi connectivity index (χ1) is 12.3. The molecule has 2 saturated heterocycles. The van der Waals surface area contributed by atoms with Gasteiger partial charge in [0.25, 0.3) is 5.91 Å². The summed E-state index contributed by atoms with van der Waals surface area (Å²) < 4.78 is 43.4. The molecule has 0 N–H and O–H groups in total. The van der Waals surface area contributed by atoms with Crippen molar-refractivity contribution in [1.29, 1.82) is 0 Å². The lowest BCUT2D eigenvalue weighted by atomic mass is 9.85. The highest BCUT2D eigenvalue weighted by molar-refractivity contribution is 5.94. The Morgan fingerprint density at radius 2 is 2.04 bits per heavy atom. The Balaban J connectivity index is 1.71. The van der Waals surface area contributed by atoms with Crippen molar-refractivity contribution < 1.29 is 27.5 Å². The second-order valence-electron chi connectivity index (χ2n) is 6.70. The Morgan fingerprint density at radius 3 is 2.73 bits per heavy atom. The van der Waals surface area contributed by atoms with E-state index < -0.39 is 23.2 Å². The van der Waals surface area contributed by atoms with Crippen molar-refractivity contribution in [2.45, 2.75) is 19.0 Å². The van der Waals surface area contributed by atoms with Crippen LogP contribution in [0.1, 0.15) is 29.0 Å². The van der Waals surface area contributed by atoms with Gasteiger partial charge in [-0.2, -0.15) is 13.2 Å². The van der Waals surface area contributed by atoms with E-state index in [2.05, 4.69) is 4.98 Å². The van der Waals surface area contributed by atoms with Gasteiger partial charge in [0.15, 0.2) is 0 Å². The third kappa shape index (κ3) is 3.40. The zero-order valence-corrected chi connectivity index (χ0v) is 14.4. The predicted molar refractivity (Wildman–Crippen MR) is 85.3 cm³/mol.